The largest absolute Gasteiger partial charge is 0.375 e. The van der Waals surface area contributed by atoms with Crippen LogP contribution >= 0.6 is 34.2 Å². The number of anilines is 1. The van der Waals surface area contributed by atoms with Crippen LogP contribution in [-0.4, -0.2) is 18.5 Å². The molecule has 0 radical (unpaired) electrons. The summed E-state index contributed by atoms with van der Waals surface area (Å²) in [5.74, 6) is 0.437. The number of nitrogens with one attached hydrogen (secondary N) is 2. The predicted molar refractivity (Wildman–Crippen MR) is 85.1 cm³/mol. The Labute approximate surface area is 127 Å². The van der Waals surface area contributed by atoms with Gasteiger partial charge in [0.1, 0.15) is 0 Å². The molecular weight excluding hydrogens is 363 g/mol. The lowest BCUT2D eigenvalue weighted by molar-refractivity contribution is -0.120. The van der Waals surface area contributed by atoms with Gasteiger partial charge in [-0.25, -0.2) is 0 Å². The first-order valence-electron chi connectivity index (χ1n) is 5.88. The number of hydrogen-bond acceptors (Lipinski definition) is 2. The van der Waals surface area contributed by atoms with Gasteiger partial charge in [-0.15, -0.1) is 0 Å². The van der Waals surface area contributed by atoms with Gasteiger partial charge in [0.2, 0.25) is 5.91 Å². The zero-order valence-electron chi connectivity index (χ0n) is 10.8. The van der Waals surface area contributed by atoms with Crippen LogP contribution in [0.25, 0.3) is 0 Å². The van der Waals surface area contributed by atoms with Crippen LogP contribution in [0.4, 0.5) is 5.69 Å². The molecule has 0 aliphatic rings. The van der Waals surface area contributed by atoms with Gasteiger partial charge in [-0.05, 0) is 53.6 Å². The van der Waals surface area contributed by atoms with Crippen molar-refractivity contribution in [1.82, 2.24) is 5.32 Å². The molecule has 0 spiro atoms. The highest BCUT2D eigenvalue weighted by molar-refractivity contribution is 14.1. The van der Waals surface area contributed by atoms with Gasteiger partial charge in [0.05, 0.1) is 6.54 Å². The molecule has 1 aromatic rings. The SMILES string of the molecule is CC(C)C(C)NC(=O)CNc1ccc(Cl)cc1I. The maximum absolute atomic E-state index is 11.7. The predicted octanol–water partition coefficient (Wildman–Crippen LogP) is 3.52. The van der Waals surface area contributed by atoms with Gasteiger partial charge in [0.25, 0.3) is 0 Å². The lowest BCUT2D eigenvalue weighted by Gasteiger charge is -2.18. The monoisotopic (exact) mass is 380 g/mol. The van der Waals surface area contributed by atoms with Crippen molar-refractivity contribution in [2.45, 2.75) is 26.8 Å². The molecule has 0 saturated carbocycles. The Morgan fingerprint density at radius 1 is 1.39 bits per heavy atom. The third-order valence-electron chi connectivity index (χ3n) is 2.76. The van der Waals surface area contributed by atoms with Crippen LogP contribution in [0.5, 0.6) is 0 Å². The van der Waals surface area contributed by atoms with E-state index in [1.807, 2.05) is 19.1 Å². The van der Waals surface area contributed by atoms with Crippen molar-refractivity contribution in [3.63, 3.8) is 0 Å². The summed E-state index contributed by atoms with van der Waals surface area (Å²) in [5, 5.41) is 6.75. The molecule has 0 bridgehead atoms. The molecule has 0 aliphatic carbocycles. The van der Waals surface area contributed by atoms with Crippen molar-refractivity contribution < 1.29 is 4.79 Å². The fraction of sp³-hybridized carbons (Fsp3) is 0.462. The van der Waals surface area contributed by atoms with Crippen LogP contribution in [0.1, 0.15) is 20.8 Å². The quantitative estimate of drug-likeness (QED) is 0.768. The fourth-order valence-electron chi connectivity index (χ4n) is 1.28. The Balaban J connectivity index is 2.47. The van der Waals surface area contributed by atoms with Crippen LogP contribution in [0, 0.1) is 9.49 Å². The Bertz CT molecular complexity index is 423. The van der Waals surface area contributed by atoms with E-state index in [0.717, 1.165) is 9.26 Å². The highest BCUT2D eigenvalue weighted by Crippen LogP contribution is 2.21. The molecule has 18 heavy (non-hydrogen) atoms. The summed E-state index contributed by atoms with van der Waals surface area (Å²) in [6, 6.07) is 5.73. The standard InChI is InChI=1S/C13H18ClIN2O/c1-8(2)9(3)17-13(18)7-16-12-5-4-10(14)6-11(12)15/h4-6,8-9,16H,7H2,1-3H3,(H,17,18). The second-order valence-electron chi connectivity index (χ2n) is 4.58. The van der Waals surface area contributed by atoms with E-state index in [1.165, 1.54) is 0 Å². The molecule has 0 aromatic heterocycles. The van der Waals surface area contributed by atoms with E-state index in [0.29, 0.717) is 10.9 Å². The van der Waals surface area contributed by atoms with Crippen molar-refractivity contribution in [1.29, 1.82) is 0 Å². The van der Waals surface area contributed by atoms with Gasteiger partial charge in [-0.1, -0.05) is 25.4 Å². The molecule has 1 rings (SSSR count). The molecule has 1 unspecified atom stereocenters. The Kier molecular flexibility index (Phi) is 6.21. The zero-order chi connectivity index (χ0) is 13.7. The lowest BCUT2D eigenvalue weighted by Crippen LogP contribution is -2.39. The highest BCUT2D eigenvalue weighted by Gasteiger charge is 2.10. The van der Waals surface area contributed by atoms with Crippen molar-refractivity contribution in [2.24, 2.45) is 5.92 Å². The minimum atomic E-state index is 0.00181. The molecule has 3 nitrogen and oxygen atoms in total. The number of benzene rings is 1. The summed E-state index contributed by atoms with van der Waals surface area (Å²) in [7, 11) is 0. The fourth-order valence-corrected chi connectivity index (χ4v) is 2.34. The van der Waals surface area contributed by atoms with Crippen LogP contribution in [-0.2, 0) is 4.79 Å². The van der Waals surface area contributed by atoms with E-state index in [4.69, 9.17) is 11.6 Å². The van der Waals surface area contributed by atoms with E-state index >= 15 is 0 Å². The molecule has 1 atom stereocenters. The first kappa shape index (κ1) is 15.6. The summed E-state index contributed by atoms with van der Waals surface area (Å²) in [6.45, 7) is 6.45. The van der Waals surface area contributed by atoms with Crippen molar-refractivity contribution in [3.8, 4) is 0 Å². The van der Waals surface area contributed by atoms with Gasteiger partial charge < -0.3 is 10.6 Å². The van der Waals surface area contributed by atoms with E-state index < -0.39 is 0 Å². The number of halogens is 2. The molecule has 5 heteroatoms. The maximum atomic E-state index is 11.7. The van der Waals surface area contributed by atoms with Crippen LogP contribution in [0.2, 0.25) is 5.02 Å². The Morgan fingerprint density at radius 3 is 2.61 bits per heavy atom. The third-order valence-corrected chi connectivity index (χ3v) is 3.89. The minimum absolute atomic E-state index is 0.00181. The van der Waals surface area contributed by atoms with Crippen LogP contribution in [0.3, 0.4) is 0 Å². The third kappa shape index (κ3) is 5.02. The summed E-state index contributed by atoms with van der Waals surface area (Å²) in [4.78, 5) is 11.7. The summed E-state index contributed by atoms with van der Waals surface area (Å²) in [6.07, 6.45) is 0. The van der Waals surface area contributed by atoms with Gasteiger partial charge in [-0.3, -0.25) is 4.79 Å². The van der Waals surface area contributed by atoms with E-state index in [-0.39, 0.29) is 18.5 Å². The van der Waals surface area contributed by atoms with Crippen molar-refractivity contribution >= 4 is 45.8 Å². The summed E-state index contributed by atoms with van der Waals surface area (Å²) in [5.41, 5.74) is 0.923. The number of carbonyl (C=O) groups is 1. The number of amides is 1. The highest BCUT2D eigenvalue weighted by atomic mass is 127. The van der Waals surface area contributed by atoms with Crippen LogP contribution in [0.15, 0.2) is 18.2 Å². The average Bonchev–Trinajstić information content (AvgIpc) is 2.27. The number of rotatable bonds is 5. The van der Waals surface area contributed by atoms with E-state index in [9.17, 15) is 4.79 Å². The average molecular weight is 381 g/mol. The second kappa shape index (κ2) is 7.19. The molecule has 0 aliphatic heterocycles. The number of carbonyl (C=O) groups excluding carboxylic acids is 1. The molecule has 100 valence electrons. The van der Waals surface area contributed by atoms with Gasteiger partial charge in [0, 0.05) is 20.3 Å². The normalized spacial score (nSPS) is 12.3. The molecule has 0 saturated heterocycles. The Morgan fingerprint density at radius 2 is 2.06 bits per heavy atom. The Hall–Kier alpha value is -0.490. The molecule has 0 heterocycles. The first-order valence-corrected chi connectivity index (χ1v) is 7.34. The van der Waals surface area contributed by atoms with E-state index in [2.05, 4.69) is 47.1 Å². The van der Waals surface area contributed by atoms with Crippen molar-refractivity contribution in [3.05, 3.63) is 26.8 Å². The second-order valence-corrected chi connectivity index (χ2v) is 6.18. The maximum Gasteiger partial charge on any atom is 0.239 e. The first-order chi connectivity index (χ1) is 8.40. The molecule has 1 amide bonds. The van der Waals surface area contributed by atoms with Crippen LogP contribution < -0.4 is 10.6 Å². The molecule has 1 aromatic carbocycles. The lowest BCUT2D eigenvalue weighted by atomic mass is 10.1. The zero-order valence-corrected chi connectivity index (χ0v) is 13.7. The summed E-state index contributed by atoms with van der Waals surface area (Å²) < 4.78 is 1.00. The van der Waals surface area contributed by atoms with Gasteiger partial charge in [-0.2, -0.15) is 0 Å². The molecule has 0 fully saturated rings. The summed E-state index contributed by atoms with van der Waals surface area (Å²) >= 11 is 8.06. The minimum Gasteiger partial charge on any atom is -0.375 e. The van der Waals surface area contributed by atoms with Crippen molar-refractivity contribution in [2.75, 3.05) is 11.9 Å². The van der Waals surface area contributed by atoms with E-state index in [1.54, 1.807) is 6.07 Å². The molecule has 2 N–H and O–H groups in total. The van der Waals surface area contributed by atoms with Gasteiger partial charge >= 0.3 is 0 Å². The molecular formula is C13H18ClIN2O. The van der Waals surface area contributed by atoms with Gasteiger partial charge in [0.15, 0.2) is 0 Å². The topological polar surface area (TPSA) is 41.1 Å². The smallest absolute Gasteiger partial charge is 0.239 e. The number of hydrogen-bond donors (Lipinski definition) is 2.